The molecule has 2 rings (SSSR count). The Kier molecular flexibility index (Phi) is 5.20. The highest BCUT2D eigenvalue weighted by atomic mass is 19.1. The molecule has 4 nitrogen and oxygen atoms in total. The van der Waals surface area contributed by atoms with E-state index in [1.54, 1.807) is 14.2 Å². The van der Waals surface area contributed by atoms with Crippen molar-refractivity contribution in [2.45, 2.75) is 19.6 Å². The van der Waals surface area contributed by atoms with Crippen LogP contribution in [0.25, 0.3) is 0 Å². The summed E-state index contributed by atoms with van der Waals surface area (Å²) in [5, 5.41) is 3.32. The number of hydrogen-bond acceptors (Lipinski definition) is 4. The zero-order valence-corrected chi connectivity index (χ0v) is 12.4. The molecule has 0 spiro atoms. The van der Waals surface area contributed by atoms with Gasteiger partial charge < -0.3 is 14.8 Å². The molecule has 20 heavy (non-hydrogen) atoms. The monoisotopic (exact) mass is 282 g/mol. The molecule has 0 radical (unpaired) electrons. The van der Waals surface area contributed by atoms with Crippen LogP contribution in [0.2, 0.25) is 0 Å². The third-order valence-electron chi connectivity index (χ3n) is 3.61. The molecular weight excluding hydrogens is 259 g/mol. The minimum absolute atomic E-state index is 0.492. The lowest BCUT2D eigenvalue weighted by Crippen LogP contribution is -2.42. The van der Waals surface area contributed by atoms with Crippen LogP contribution in [-0.2, 0) is 6.54 Å². The molecule has 112 valence electrons. The van der Waals surface area contributed by atoms with Crippen molar-refractivity contribution in [3.8, 4) is 11.5 Å². The van der Waals surface area contributed by atoms with Crippen LogP contribution in [0, 0.1) is 0 Å². The molecule has 0 aliphatic carbocycles. The number of piperazine rings is 1. The minimum atomic E-state index is -1.08. The third kappa shape index (κ3) is 3.41. The normalized spacial score (nSPS) is 17.8. The van der Waals surface area contributed by atoms with E-state index in [2.05, 4.69) is 10.2 Å². The van der Waals surface area contributed by atoms with Gasteiger partial charge in [0.2, 0.25) is 0 Å². The Bertz CT molecular complexity index is 446. The second-order valence-electron chi connectivity index (χ2n) is 5.06. The molecule has 1 N–H and O–H groups in total. The molecule has 1 atom stereocenters. The molecule has 0 aromatic heterocycles. The van der Waals surface area contributed by atoms with Crippen LogP contribution in [0.5, 0.6) is 11.5 Å². The van der Waals surface area contributed by atoms with Crippen molar-refractivity contribution in [1.82, 2.24) is 10.2 Å². The molecule has 5 heteroatoms. The predicted octanol–water partition coefficient (Wildman–Crippen LogP) is 2.14. The smallest absolute Gasteiger partial charge is 0.166 e. The summed E-state index contributed by atoms with van der Waals surface area (Å²) in [6.07, 6.45) is -1.08. The zero-order valence-electron chi connectivity index (χ0n) is 12.4. The number of methoxy groups -OCH3 is 2. The van der Waals surface area contributed by atoms with Crippen molar-refractivity contribution in [2.24, 2.45) is 0 Å². The van der Waals surface area contributed by atoms with Crippen molar-refractivity contribution in [3.05, 3.63) is 23.3 Å². The maximum absolute atomic E-state index is 13.8. The van der Waals surface area contributed by atoms with Gasteiger partial charge in [-0.25, -0.2) is 4.39 Å². The van der Waals surface area contributed by atoms with E-state index < -0.39 is 6.17 Å². The van der Waals surface area contributed by atoms with Crippen LogP contribution in [0.15, 0.2) is 12.1 Å². The lowest BCUT2D eigenvalue weighted by atomic mass is 10.0. The summed E-state index contributed by atoms with van der Waals surface area (Å²) in [6, 6.07) is 3.82. The largest absolute Gasteiger partial charge is 0.493 e. The third-order valence-corrected chi connectivity index (χ3v) is 3.61. The number of rotatable bonds is 5. The first-order chi connectivity index (χ1) is 9.65. The summed E-state index contributed by atoms with van der Waals surface area (Å²) in [4.78, 5) is 2.35. The Balaban J connectivity index is 2.26. The maximum atomic E-state index is 13.8. The number of halogens is 1. The minimum Gasteiger partial charge on any atom is -0.493 e. The first-order valence-electron chi connectivity index (χ1n) is 6.97. The summed E-state index contributed by atoms with van der Waals surface area (Å²) in [5.74, 6) is 1.09. The quantitative estimate of drug-likeness (QED) is 0.897. The van der Waals surface area contributed by atoms with Crippen molar-refractivity contribution in [3.63, 3.8) is 0 Å². The summed E-state index contributed by atoms with van der Waals surface area (Å²) < 4.78 is 24.4. The standard InChI is InChI=1S/C15H23FN2O2/c1-11(16)13-8-12(9-14(19-2)15(13)20-3)10-18-6-4-17-5-7-18/h8-9,11,17H,4-7,10H2,1-3H3. The first-order valence-corrected chi connectivity index (χ1v) is 6.97. The molecule has 1 saturated heterocycles. The molecule has 1 fully saturated rings. The number of benzene rings is 1. The van der Waals surface area contributed by atoms with Gasteiger partial charge in [-0.15, -0.1) is 0 Å². The highest BCUT2D eigenvalue weighted by Gasteiger charge is 2.18. The highest BCUT2D eigenvalue weighted by molar-refractivity contribution is 5.50. The lowest BCUT2D eigenvalue weighted by molar-refractivity contribution is 0.232. The van der Waals surface area contributed by atoms with Gasteiger partial charge in [-0.05, 0) is 24.6 Å². The molecule has 1 heterocycles. The van der Waals surface area contributed by atoms with Gasteiger partial charge in [0, 0.05) is 38.3 Å². The van der Waals surface area contributed by atoms with Gasteiger partial charge in [0.1, 0.15) is 6.17 Å². The van der Waals surface area contributed by atoms with Gasteiger partial charge >= 0.3 is 0 Å². The summed E-state index contributed by atoms with van der Waals surface area (Å²) in [5.41, 5.74) is 1.61. The Labute approximate surface area is 119 Å². The van der Waals surface area contributed by atoms with E-state index in [1.807, 2.05) is 12.1 Å². The van der Waals surface area contributed by atoms with E-state index in [-0.39, 0.29) is 0 Å². The van der Waals surface area contributed by atoms with Crippen LogP contribution >= 0.6 is 0 Å². The van der Waals surface area contributed by atoms with Gasteiger partial charge in [0.05, 0.1) is 14.2 Å². The molecule has 0 bridgehead atoms. The van der Waals surface area contributed by atoms with E-state index >= 15 is 0 Å². The van der Waals surface area contributed by atoms with E-state index in [1.165, 1.54) is 6.92 Å². The Morgan fingerprint density at radius 2 is 1.95 bits per heavy atom. The molecule has 0 saturated carbocycles. The highest BCUT2D eigenvalue weighted by Crippen LogP contribution is 2.37. The van der Waals surface area contributed by atoms with Gasteiger partial charge in [-0.3, -0.25) is 4.90 Å². The summed E-state index contributed by atoms with van der Waals surface area (Å²) >= 11 is 0. The second-order valence-corrected chi connectivity index (χ2v) is 5.06. The Hall–Kier alpha value is -1.33. The van der Waals surface area contributed by atoms with E-state index in [9.17, 15) is 4.39 Å². The molecule has 1 aliphatic heterocycles. The Morgan fingerprint density at radius 3 is 2.50 bits per heavy atom. The van der Waals surface area contributed by atoms with Gasteiger partial charge in [0.15, 0.2) is 11.5 Å². The number of nitrogens with one attached hydrogen (secondary N) is 1. The van der Waals surface area contributed by atoms with E-state index in [0.717, 1.165) is 38.3 Å². The lowest BCUT2D eigenvalue weighted by Gasteiger charge is -2.27. The summed E-state index contributed by atoms with van der Waals surface area (Å²) in [6.45, 7) is 6.34. The van der Waals surface area contributed by atoms with Crippen LogP contribution in [0.3, 0.4) is 0 Å². The Morgan fingerprint density at radius 1 is 1.25 bits per heavy atom. The number of nitrogens with zero attached hydrogens (tertiary/aromatic N) is 1. The van der Waals surface area contributed by atoms with Crippen LogP contribution in [-0.4, -0.2) is 45.3 Å². The van der Waals surface area contributed by atoms with Gasteiger partial charge in [0.25, 0.3) is 0 Å². The van der Waals surface area contributed by atoms with Crippen LogP contribution < -0.4 is 14.8 Å². The maximum Gasteiger partial charge on any atom is 0.166 e. The topological polar surface area (TPSA) is 33.7 Å². The zero-order chi connectivity index (χ0) is 14.5. The SMILES string of the molecule is COc1cc(CN2CCNCC2)cc(C(C)F)c1OC. The van der Waals surface area contributed by atoms with E-state index in [4.69, 9.17) is 9.47 Å². The molecule has 1 unspecified atom stereocenters. The van der Waals surface area contributed by atoms with Gasteiger partial charge in [-0.2, -0.15) is 0 Å². The molecule has 1 aliphatic rings. The van der Waals surface area contributed by atoms with Crippen LogP contribution in [0.1, 0.15) is 24.2 Å². The molecule has 1 aromatic carbocycles. The van der Waals surface area contributed by atoms with Crippen molar-refractivity contribution < 1.29 is 13.9 Å². The molecule has 1 aromatic rings. The molecular formula is C15H23FN2O2. The number of alkyl halides is 1. The average Bonchev–Trinajstić information content (AvgIpc) is 2.47. The van der Waals surface area contributed by atoms with E-state index in [0.29, 0.717) is 17.1 Å². The fraction of sp³-hybridized carbons (Fsp3) is 0.600. The van der Waals surface area contributed by atoms with Crippen molar-refractivity contribution in [2.75, 3.05) is 40.4 Å². The predicted molar refractivity (Wildman–Crippen MR) is 77.2 cm³/mol. The summed E-state index contributed by atoms with van der Waals surface area (Å²) in [7, 11) is 3.12. The second kappa shape index (κ2) is 6.90. The average molecular weight is 282 g/mol. The number of hydrogen-bond donors (Lipinski definition) is 1. The van der Waals surface area contributed by atoms with Gasteiger partial charge in [-0.1, -0.05) is 0 Å². The number of ether oxygens (including phenoxy) is 2. The first kappa shape index (κ1) is 15.1. The fourth-order valence-electron chi connectivity index (χ4n) is 2.57. The van der Waals surface area contributed by atoms with Crippen LogP contribution in [0.4, 0.5) is 4.39 Å². The van der Waals surface area contributed by atoms with Crippen molar-refractivity contribution in [1.29, 1.82) is 0 Å². The van der Waals surface area contributed by atoms with Crippen molar-refractivity contribution >= 4 is 0 Å². The molecule has 0 amide bonds. The fourth-order valence-corrected chi connectivity index (χ4v) is 2.57.